The van der Waals surface area contributed by atoms with E-state index in [0.717, 1.165) is 17.0 Å². The molecule has 1 aliphatic heterocycles. The summed E-state index contributed by atoms with van der Waals surface area (Å²) in [6.07, 6.45) is 0.137. The molecular formula is C19H27N3O4S. The molecule has 27 heavy (non-hydrogen) atoms. The summed E-state index contributed by atoms with van der Waals surface area (Å²) in [5.41, 5.74) is 0.920. The Kier molecular flexibility index (Phi) is 8.12. The highest BCUT2D eigenvalue weighted by Crippen LogP contribution is 2.37. The molecule has 2 rings (SSSR count). The topological polar surface area (TPSA) is 79.0 Å². The van der Waals surface area contributed by atoms with Crippen LogP contribution in [0.5, 0.6) is 0 Å². The number of ether oxygens (including phenoxy) is 1. The van der Waals surface area contributed by atoms with E-state index in [1.807, 2.05) is 31.2 Å². The number of likely N-dealkylation sites (N-methyl/N-ethyl adjacent to an activating group) is 1. The number of para-hydroxylation sites is 1. The number of alkyl carbamates (subject to hydrolysis) is 1. The monoisotopic (exact) mass is 393 g/mol. The highest BCUT2D eigenvalue weighted by Gasteiger charge is 2.25. The van der Waals surface area contributed by atoms with Crippen molar-refractivity contribution in [1.29, 1.82) is 0 Å². The average molecular weight is 394 g/mol. The lowest BCUT2D eigenvalue weighted by Crippen LogP contribution is -2.45. The molecule has 0 spiro atoms. The third kappa shape index (κ3) is 6.25. The maximum absolute atomic E-state index is 12.9. The molecule has 0 aromatic heterocycles. The molecule has 0 bridgehead atoms. The molecule has 0 fully saturated rings. The van der Waals surface area contributed by atoms with Crippen molar-refractivity contribution in [3.8, 4) is 0 Å². The third-order valence-electron chi connectivity index (χ3n) is 4.23. The lowest BCUT2D eigenvalue weighted by Gasteiger charge is -2.26. The average Bonchev–Trinajstić information content (AvgIpc) is 2.79. The number of hydrogen-bond acceptors (Lipinski definition) is 6. The standard InChI is InChI=1S/C19H27N3O4S/c1-4-21(12-17(23)20-19(25)26-5-2)13-18(24)22-11-10-14(3)27-16-9-7-6-8-15(16)22/h6-9,14H,4-5,10-13H2,1-3H3,(H,20,23,25)/t14-/m1/s1. The van der Waals surface area contributed by atoms with Gasteiger partial charge >= 0.3 is 6.09 Å². The molecule has 1 aliphatic rings. The summed E-state index contributed by atoms with van der Waals surface area (Å²) in [5, 5.41) is 2.59. The van der Waals surface area contributed by atoms with E-state index in [2.05, 4.69) is 12.2 Å². The second-order valence-corrected chi connectivity index (χ2v) is 7.78. The number of fused-ring (bicyclic) bond motifs is 1. The van der Waals surface area contributed by atoms with Crippen molar-refractivity contribution in [3.63, 3.8) is 0 Å². The van der Waals surface area contributed by atoms with Crippen molar-refractivity contribution in [2.75, 3.05) is 37.7 Å². The predicted octanol–water partition coefficient (Wildman–Crippen LogP) is 2.50. The Labute approximate surface area is 164 Å². The number of nitrogens with zero attached hydrogens (tertiary/aromatic N) is 2. The van der Waals surface area contributed by atoms with Crippen LogP contribution in [0.3, 0.4) is 0 Å². The third-order valence-corrected chi connectivity index (χ3v) is 5.47. The molecule has 1 heterocycles. The van der Waals surface area contributed by atoms with Gasteiger partial charge < -0.3 is 9.64 Å². The molecule has 1 atom stereocenters. The number of imide groups is 1. The minimum Gasteiger partial charge on any atom is -0.450 e. The van der Waals surface area contributed by atoms with Gasteiger partial charge in [0, 0.05) is 16.7 Å². The normalized spacial score (nSPS) is 16.4. The molecule has 0 radical (unpaired) electrons. The van der Waals surface area contributed by atoms with E-state index >= 15 is 0 Å². The number of amides is 3. The van der Waals surface area contributed by atoms with Crippen molar-refractivity contribution >= 4 is 35.4 Å². The van der Waals surface area contributed by atoms with Crippen LogP contribution in [0.2, 0.25) is 0 Å². The Morgan fingerprint density at radius 3 is 2.70 bits per heavy atom. The van der Waals surface area contributed by atoms with Gasteiger partial charge in [-0.05, 0) is 32.0 Å². The lowest BCUT2D eigenvalue weighted by atomic mass is 10.2. The van der Waals surface area contributed by atoms with Crippen LogP contribution in [0.25, 0.3) is 0 Å². The zero-order valence-electron chi connectivity index (χ0n) is 16.1. The molecule has 148 valence electrons. The largest absolute Gasteiger partial charge is 0.450 e. The lowest BCUT2D eigenvalue weighted by molar-refractivity contribution is -0.123. The first-order valence-corrected chi connectivity index (χ1v) is 10.1. The van der Waals surface area contributed by atoms with Crippen LogP contribution in [-0.2, 0) is 14.3 Å². The van der Waals surface area contributed by atoms with Crippen molar-refractivity contribution < 1.29 is 19.1 Å². The van der Waals surface area contributed by atoms with Crippen LogP contribution in [-0.4, -0.2) is 60.8 Å². The molecule has 0 saturated heterocycles. The van der Waals surface area contributed by atoms with Gasteiger partial charge in [0.05, 0.1) is 25.4 Å². The summed E-state index contributed by atoms with van der Waals surface area (Å²) in [6.45, 7) is 7.13. The molecule has 1 aromatic rings. The fraction of sp³-hybridized carbons (Fsp3) is 0.526. The summed E-state index contributed by atoms with van der Waals surface area (Å²) < 4.78 is 4.70. The van der Waals surface area contributed by atoms with Crippen LogP contribution < -0.4 is 10.2 Å². The second kappa shape index (κ2) is 10.3. The minimum atomic E-state index is -0.766. The molecule has 1 N–H and O–H groups in total. The summed E-state index contributed by atoms with van der Waals surface area (Å²) in [7, 11) is 0. The summed E-state index contributed by atoms with van der Waals surface area (Å²) in [4.78, 5) is 40.9. The van der Waals surface area contributed by atoms with Crippen LogP contribution in [0, 0.1) is 0 Å². The van der Waals surface area contributed by atoms with E-state index in [1.54, 1.807) is 28.5 Å². The number of carbonyl (C=O) groups excluding carboxylic acids is 3. The van der Waals surface area contributed by atoms with E-state index in [0.29, 0.717) is 18.3 Å². The maximum Gasteiger partial charge on any atom is 0.413 e. The van der Waals surface area contributed by atoms with Gasteiger partial charge in [-0.15, -0.1) is 11.8 Å². The van der Waals surface area contributed by atoms with Gasteiger partial charge in [0.2, 0.25) is 11.8 Å². The number of nitrogens with one attached hydrogen (secondary N) is 1. The summed E-state index contributed by atoms with van der Waals surface area (Å²) in [5.74, 6) is -0.536. The first-order chi connectivity index (χ1) is 12.9. The van der Waals surface area contributed by atoms with E-state index in [-0.39, 0.29) is 25.6 Å². The fourth-order valence-electron chi connectivity index (χ4n) is 2.83. The molecule has 8 heteroatoms. The number of hydrogen-bond donors (Lipinski definition) is 1. The van der Waals surface area contributed by atoms with Gasteiger partial charge in [0.15, 0.2) is 0 Å². The molecule has 1 aromatic carbocycles. The summed E-state index contributed by atoms with van der Waals surface area (Å²) >= 11 is 1.78. The van der Waals surface area contributed by atoms with Crippen LogP contribution >= 0.6 is 11.8 Å². The zero-order valence-corrected chi connectivity index (χ0v) is 16.9. The van der Waals surface area contributed by atoms with Gasteiger partial charge in [0.1, 0.15) is 0 Å². The number of carbonyl (C=O) groups is 3. The highest BCUT2D eigenvalue weighted by molar-refractivity contribution is 8.00. The number of anilines is 1. The fourth-order valence-corrected chi connectivity index (χ4v) is 3.94. The number of thioether (sulfide) groups is 1. The molecular weight excluding hydrogens is 366 g/mol. The van der Waals surface area contributed by atoms with Crippen molar-refractivity contribution in [2.45, 2.75) is 37.3 Å². The quantitative estimate of drug-likeness (QED) is 0.800. The second-order valence-electron chi connectivity index (χ2n) is 6.30. The SMILES string of the molecule is CCOC(=O)NC(=O)CN(CC)CC(=O)N1CC[C@@H](C)Sc2ccccc21. The van der Waals surface area contributed by atoms with Crippen LogP contribution in [0.15, 0.2) is 29.2 Å². The Bertz CT molecular complexity index is 683. The maximum atomic E-state index is 12.9. The van der Waals surface area contributed by atoms with Crippen molar-refractivity contribution in [3.05, 3.63) is 24.3 Å². The number of rotatable bonds is 6. The molecule has 3 amide bonds. The first-order valence-electron chi connectivity index (χ1n) is 9.19. The van der Waals surface area contributed by atoms with Crippen molar-refractivity contribution in [1.82, 2.24) is 10.2 Å². The van der Waals surface area contributed by atoms with Gasteiger partial charge in [-0.1, -0.05) is 26.0 Å². The molecule has 7 nitrogen and oxygen atoms in total. The smallest absolute Gasteiger partial charge is 0.413 e. The Morgan fingerprint density at radius 1 is 1.26 bits per heavy atom. The minimum absolute atomic E-state index is 0.0400. The summed E-state index contributed by atoms with van der Waals surface area (Å²) in [6, 6.07) is 7.90. The molecule has 0 unspecified atom stereocenters. The van der Waals surface area contributed by atoms with Crippen LogP contribution in [0.1, 0.15) is 27.2 Å². The van der Waals surface area contributed by atoms with E-state index < -0.39 is 12.0 Å². The van der Waals surface area contributed by atoms with E-state index in [9.17, 15) is 14.4 Å². The van der Waals surface area contributed by atoms with Gasteiger partial charge in [-0.25, -0.2) is 4.79 Å². The van der Waals surface area contributed by atoms with Crippen LogP contribution in [0.4, 0.5) is 10.5 Å². The predicted molar refractivity (Wildman–Crippen MR) is 106 cm³/mol. The first kappa shape index (κ1) is 21.2. The molecule has 0 saturated carbocycles. The van der Waals surface area contributed by atoms with Crippen molar-refractivity contribution in [2.24, 2.45) is 0 Å². The van der Waals surface area contributed by atoms with Gasteiger partial charge in [-0.3, -0.25) is 19.8 Å². The van der Waals surface area contributed by atoms with Gasteiger partial charge in [0.25, 0.3) is 0 Å². The highest BCUT2D eigenvalue weighted by atomic mass is 32.2. The Morgan fingerprint density at radius 2 is 2.00 bits per heavy atom. The van der Waals surface area contributed by atoms with Gasteiger partial charge in [-0.2, -0.15) is 0 Å². The van der Waals surface area contributed by atoms with E-state index in [4.69, 9.17) is 4.74 Å². The Hall–Kier alpha value is -2.06. The Balaban J connectivity index is 2.02. The molecule has 0 aliphatic carbocycles. The van der Waals surface area contributed by atoms with E-state index in [1.165, 1.54) is 0 Å². The zero-order chi connectivity index (χ0) is 19.8. The number of benzene rings is 1.